The maximum Gasteiger partial charge on any atom is 0.264 e. The van der Waals surface area contributed by atoms with E-state index < -0.39 is 0 Å². The van der Waals surface area contributed by atoms with Crippen molar-refractivity contribution in [3.8, 4) is 0 Å². The fraction of sp³-hybridized carbons (Fsp3) is 0.647. The van der Waals surface area contributed by atoms with Gasteiger partial charge in [0, 0.05) is 26.6 Å². The predicted octanol–water partition coefficient (Wildman–Crippen LogP) is 0.690. The molecule has 1 saturated heterocycles. The zero-order chi connectivity index (χ0) is 17.4. The molecule has 2 atom stereocenters. The fourth-order valence-corrected chi connectivity index (χ4v) is 3.99. The number of morpholine rings is 1. The molecule has 3 heterocycles. The summed E-state index contributed by atoms with van der Waals surface area (Å²) in [7, 11) is 1.75. The normalized spacial score (nSPS) is 23.6. The number of carbonyl (C=O) groups is 1. The summed E-state index contributed by atoms with van der Waals surface area (Å²) in [5.74, 6) is 0.0957. The summed E-state index contributed by atoms with van der Waals surface area (Å²) in [5.41, 5.74) is 0.411. The summed E-state index contributed by atoms with van der Waals surface area (Å²) in [5, 5.41) is 4.55. The maximum atomic E-state index is 12.7. The van der Waals surface area contributed by atoms with Gasteiger partial charge < -0.3 is 9.64 Å². The first kappa shape index (κ1) is 16.3. The summed E-state index contributed by atoms with van der Waals surface area (Å²) in [6.07, 6.45) is 7.89. The quantitative estimate of drug-likeness (QED) is 0.817. The van der Waals surface area contributed by atoms with Gasteiger partial charge in [0.1, 0.15) is 5.39 Å². The molecule has 0 radical (unpaired) electrons. The number of aryl methyl sites for hydroxylation is 2. The summed E-state index contributed by atoms with van der Waals surface area (Å²) < 4.78 is 8.90. The largest absolute Gasteiger partial charge is 0.374 e. The summed E-state index contributed by atoms with van der Waals surface area (Å²) in [6.45, 7) is 1.59. The van der Waals surface area contributed by atoms with E-state index >= 15 is 0 Å². The van der Waals surface area contributed by atoms with Crippen LogP contribution in [0.15, 0.2) is 17.3 Å². The predicted molar refractivity (Wildman–Crippen MR) is 91.1 cm³/mol. The van der Waals surface area contributed by atoms with Gasteiger partial charge in [0.25, 0.3) is 5.56 Å². The molecule has 0 N–H and O–H groups in total. The Bertz CT molecular complexity index is 840. The second-order valence-corrected chi connectivity index (χ2v) is 6.85. The van der Waals surface area contributed by atoms with E-state index in [9.17, 15) is 9.59 Å². The highest BCUT2D eigenvalue weighted by atomic mass is 16.5. The highest BCUT2D eigenvalue weighted by molar-refractivity contribution is 5.77. The van der Waals surface area contributed by atoms with Gasteiger partial charge in [-0.05, 0) is 12.8 Å². The average molecular weight is 345 g/mol. The topological polar surface area (TPSA) is 82.2 Å². The van der Waals surface area contributed by atoms with Gasteiger partial charge in [-0.25, -0.2) is 4.98 Å². The molecule has 2 aromatic rings. The zero-order valence-corrected chi connectivity index (χ0v) is 14.4. The third-order valence-electron chi connectivity index (χ3n) is 5.34. The molecule has 0 bridgehead atoms. The van der Waals surface area contributed by atoms with Crippen LogP contribution in [0.3, 0.4) is 0 Å². The highest BCUT2D eigenvalue weighted by Crippen LogP contribution is 2.28. The van der Waals surface area contributed by atoms with Gasteiger partial charge in [0.05, 0.1) is 31.3 Å². The Balaban J connectivity index is 1.46. The van der Waals surface area contributed by atoms with Crippen molar-refractivity contribution < 1.29 is 9.53 Å². The van der Waals surface area contributed by atoms with Crippen molar-refractivity contribution in [2.24, 2.45) is 7.05 Å². The molecule has 134 valence electrons. The minimum absolute atomic E-state index is 0.0957. The summed E-state index contributed by atoms with van der Waals surface area (Å²) in [6, 6.07) is 0.200. The van der Waals surface area contributed by atoms with E-state index in [1.807, 2.05) is 4.90 Å². The van der Waals surface area contributed by atoms with Gasteiger partial charge in [0.15, 0.2) is 5.65 Å². The van der Waals surface area contributed by atoms with E-state index in [1.165, 1.54) is 23.5 Å². The number of carbonyl (C=O) groups excluding carboxylic acids is 1. The lowest BCUT2D eigenvalue weighted by Crippen LogP contribution is -2.55. The van der Waals surface area contributed by atoms with Gasteiger partial charge in [-0.2, -0.15) is 5.10 Å². The molecule has 2 aromatic heterocycles. The minimum Gasteiger partial charge on any atom is -0.374 e. The van der Waals surface area contributed by atoms with Crippen molar-refractivity contribution in [1.82, 2.24) is 24.2 Å². The van der Waals surface area contributed by atoms with E-state index in [0.29, 0.717) is 37.2 Å². The summed E-state index contributed by atoms with van der Waals surface area (Å²) in [4.78, 5) is 31.4. The van der Waals surface area contributed by atoms with Crippen LogP contribution in [0.1, 0.15) is 32.1 Å². The Morgan fingerprint density at radius 1 is 1.36 bits per heavy atom. The number of amides is 1. The van der Waals surface area contributed by atoms with Crippen LogP contribution < -0.4 is 5.56 Å². The fourth-order valence-electron chi connectivity index (χ4n) is 3.99. The molecule has 8 nitrogen and oxygen atoms in total. The smallest absolute Gasteiger partial charge is 0.264 e. The average Bonchev–Trinajstić information content (AvgIpc) is 3.02. The molecule has 0 aromatic carbocycles. The molecule has 8 heteroatoms. The van der Waals surface area contributed by atoms with Crippen LogP contribution in [0.5, 0.6) is 0 Å². The maximum absolute atomic E-state index is 12.7. The van der Waals surface area contributed by atoms with E-state index in [-0.39, 0.29) is 23.6 Å². The van der Waals surface area contributed by atoms with Crippen LogP contribution in [-0.2, 0) is 23.1 Å². The molecule has 4 rings (SSSR count). The van der Waals surface area contributed by atoms with Crippen LogP contribution in [-0.4, -0.2) is 55.4 Å². The van der Waals surface area contributed by atoms with E-state index in [0.717, 1.165) is 19.3 Å². The molecular formula is C17H23N5O3. The van der Waals surface area contributed by atoms with Crippen molar-refractivity contribution in [2.75, 3.05) is 13.2 Å². The van der Waals surface area contributed by atoms with Crippen molar-refractivity contribution in [3.63, 3.8) is 0 Å². The van der Waals surface area contributed by atoms with Gasteiger partial charge in [0.2, 0.25) is 5.91 Å². The first-order valence-corrected chi connectivity index (χ1v) is 8.93. The van der Waals surface area contributed by atoms with E-state index in [1.54, 1.807) is 11.7 Å². The molecule has 2 aliphatic rings. The number of hydrogen-bond acceptors (Lipinski definition) is 5. The van der Waals surface area contributed by atoms with Crippen LogP contribution in [0.25, 0.3) is 11.0 Å². The molecular weight excluding hydrogens is 322 g/mol. The number of ether oxygens (including phenoxy) is 1. The SMILES string of the molecule is Cn1ncc2c(=O)n(CCC(=O)N3CCO[C@@H]4CCCC[C@H]43)cnc21. The second kappa shape index (κ2) is 6.59. The zero-order valence-electron chi connectivity index (χ0n) is 14.4. The summed E-state index contributed by atoms with van der Waals surface area (Å²) >= 11 is 0. The monoisotopic (exact) mass is 345 g/mol. The number of rotatable bonds is 3. The van der Waals surface area contributed by atoms with E-state index in [2.05, 4.69) is 10.1 Å². The number of aromatic nitrogens is 4. The van der Waals surface area contributed by atoms with Crippen LogP contribution in [0, 0.1) is 0 Å². The highest BCUT2D eigenvalue weighted by Gasteiger charge is 2.36. The van der Waals surface area contributed by atoms with Crippen molar-refractivity contribution in [3.05, 3.63) is 22.9 Å². The molecule has 0 spiro atoms. The lowest BCUT2D eigenvalue weighted by molar-refractivity contribution is -0.149. The van der Waals surface area contributed by atoms with Crippen LogP contribution >= 0.6 is 0 Å². The Kier molecular flexibility index (Phi) is 4.29. The molecule has 1 aliphatic carbocycles. The molecule has 1 aliphatic heterocycles. The Labute approximate surface area is 145 Å². The first-order valence-electron chi connectivity index (χ1n) is 8.93. The molecule has 2 fully saturated rings. The third kappa shape index (κ3) is 2.95. The van der Waals surface area contributed by atoms with Crippen molar-refractivity contribution in [2.45, 2.75) is 50.8 Å². The number of fused-ring (bicyclic) bond motifs is 2. The molecule has 0 unspecified atom stereocenters. The Morgan fingerprint density at radius 2 is 2.20 bits per heavy atom. The second-order valence-electron chi connectivity index (χ2n) is 6.85. The van der Waals surface area contributed by atoms with Crippen molar-refractivity contribution in [1.29, 1.82) is 0 Å². The standard InChI is InChI=1S/C17H23N5O3/c1-20-16-12(10-19-20)17(24)21(11-18-16)7-6-15(23)22-8-9-25-14-5-3-2-4-13(14)22/h10-11,13-14H,2-9H2,1H3/t13-,14-/m1/s1. The van der Waals surface area contributed by atoms with Crippen molar-refractivity contribution >= 4 is 16.9 Å². The van der Waals surface area contributed by atoms with Gasteiger partial charge in [-0.1, -0.05) is 12.8 Å². The number of hydrogen-bond donors (Lipinski definition) is 0. The lowest BCUT2D eigenvalue weighted by atomic mass is 9.90. The van der Waals surface area contributed by atoms with Crippen LogP contribution in [0.2, 0.25) is 0 Å². The first-order chi connectivity index (χ1) is 12.1. The van der Waals surface area contributed by atoms with Crippen LogP contribution in [0.4, 0.5) is 0 Å². The van der Waals surface area contributed by atoms with Gasteiger partial charge in [-0.15, -0.1) is 0 Å². The number of nitrogens with zero attached hydrogens (tertiary/aromatic N) is 5. The van der Waals surface area contributed by atoms with Gasteiger partial charge >= 0.3 is 0 Å². The lowest BCUT2D eigenvalue weighted by Gasteiger charge is -2.43. The minimum atomic E-state index is -0.150. The van der Waals surface area contributed by atoms with E-state index in [4.69, 9.17) is 4.74 Å². The Morgan fingerprint density at radius 3 is 3.08 bits per heavy atom. The van der Waals surface area contributed by atoms with Gasteiger partial charge in [-0.3, -0.25) is 18.8 Å². The third-order valence-corrected chi connectivity index (χ3v) is 5.34. The molecule has 1 amide bonds. The molecule has 1 saturated carbocycles. The Hall–Kier alpha value is -2.22. The molecule has 25 heavy (non-hydrogen) atoms.